The highest BCUT2D eigenvalue weighted by molar-refractivity contribution is 6.41. The number of aliphatic imine (C=N–C) groups is 2. The maximum absolute atomic E-state index is 5.14. The molecule has 0 aliphatic carbocycles. The first kappa shape index (κ1) is 15.8. The van der Waals surface area contributed by atoms with Gasteiger partial charge in [-0.25, -0.2) is 0 Å². The summed E-state index contributed by atoms with van der Waals surface area (Å²) in [5.41, 5.74) is 3.51. The minimum atomic E-state index is 0.820. The maximum Gasteiger partial charge on any atom is 0.119 e. The van der Waals surface area contributed by atoms with Crippen LogP contribution in [0.2, 0.25) is 0 Å². The first-order chi connectivity index (χ1) is 10.6. The molecule has 2 aromatic carbocycles. The summed E-state index contributed by atoms with van der Waals surface area (Å²) in [7, 11) is 3.30. The molecule has 0 atom stereocenters. The van der Waals surface area contributed by atoms with Crippen LogP contribution in [0.15, 0.2) is 58.5 Å². The van der Waals surface area contributed by atoms with Gasteiger partial charge in [-0.3, -0.25) is 9.98 Å². The van der Waals surface area contributed by atoms with Crippen molar-refractivity contribution >= 4 is 22.8 Å². The predicted octanol–water partition coefficient (Wildman–Crippen LogP) is 4.59. The van der Waals surface area contributed by atoms with Crippen LogP contribution in [0.3, 0.4) is 0 Å². The minimum absolute atomic E-state index is 0.820. The Balaban J connectivity index is 2.16. The Hall–Kier alpha value is -2.62. The molecule has 114 valence electrons. The number of nitrogens with zero attached hydrogens (tertiary/aromatic N) is 2. The van der Waals surface area contributed by atoms with Gasteiger partial charge in [0.25, 0.3) is 0 Å². The van der Waals surface area contributed by atoms with Gasteiger partial charge in [-0.2, -0.15) is 0 Å². The molecular formula is C18H20N2O2. The molecule has 2 rings (SSSR count). The second kappa shape index (κ2) is 7.41. The van der Waals surface area contributed by atoms with Crippen molar-refractivity contribution in [1.82, 2.24) is 0 Å². The molecule has 0 aliphatic heterocycles. The highest BCUT2D eigenvalue weighted by atomic mass is 16.5. The van der Waals surface area contributed by atoms with Crippen LogP contribution in [0.5, 0.6) is 11.5 Å². The third-order valence-corrected chi connectivity index (χ3v) is 3.26. The number of methoxy groups -OCH3 is 2. The summed E-state index contributed by atoms with van der Waals surface area (Å²) in [4.78, 5) is 9.14. The number of hydrogen-bond acceptors (Lipinski definition) is 4. The molecule has 22 heavy (non-hydrogen) atoms. The van der Waals surface area contributed by atoms with Crippen LogP contribution >= 0.6 is 0 Å². The Morgan fingerprint density at radius 1 is 0.636 bits per heavy atom. The van der Waals surface area contributed by atoms with Crippen molar-refractivity contribution in [2.24, 2.45) is 9.98 Å². The van der Waals surface area contributed by atoms with E-state index in [4.69, 9.17) is 9.47 Å². The molecule has 0 radical (unpaired) electrons. The summed E-state index contributed by atoms with van der Waals surface area (Å²) in [5, 5.41) is 0. The lowest BCUT2D eigenvalue weighted by Gasteiger charge is -2.03. The predicted molar refractivity (Wildman–Crippen MR) is 91.5 cm³/mol. The van der Waals surface area contributed by atoms with Crippen molar-refractivity contribution in [3.63, 3.8) is 0 Å². The summed E-state index contributed by atoms with van der Waals surface area (Å²) in [6, 6.07) is 15.2. The lowest BCUT2D eigenvalue weighted by molar-refractivity contribution is 0.414. The van der Waals surface area contributed by atoms with Gasteiger partial charge in [0, 0.05) is 0 Å². The smallest absolute Gasteiger partial charge is 0.119 e. The third-order valence-electron chi connectivity index (χ3n) is 3.26. The van der Waals surface area contributed by atoms with Gasteiger partial charge in [0.05, 0.1) is 37.0 Å². The van der Waals surface area contributed by atoms with E-state index in [0.29, 0.717) is 0 Å². The summed E-state index contributed by atoms with van der Waals surface area (Å²) >= 11 is 0. The van der Waals surface area contributed by atoms with Crippen LogP contribution in [0.1, 0.15) is 13.8 Å². The Bertz CT molecular complexity index is 610. The molecule has 0 amide bonds. The van der Waals surface area contributed by atoms with E-state index in [0.717, 1.165) is 34.3 Å². The van der Waals surface area contributed by atoms with Gasteiger partial charge in [0.2, 0.25) is 0 Å². The first-order valence-electron chi connectivity index (χ1n) is 7.01. The molecule has 0 unspecified atom stereocenters. The van der Waals surface area contributed by atoms with Crippen molar-refractivity contribution in [3.05, 3.63) is 48.5 Å². The average Bonchev–Trinajstić information content (AvgIpc) is 2.56. The second-order valence-corrected chi connectivity index (χ2v) is 4.79. The number of ether oxygens (including phenoxy) is 2. The van der Waals surface area contributed by atoms with Gasteiger partial charge >= 0.3 is 0 Å². The summed E-state index contributed by atoms with van der Waals surface area (Å²) in [6.45, 7) is 3.90. The summed E-state index contributed by atoms with van der Waals surface area (Å²) in [5.74, 6) is 1.64. The summed E-state index contributed by atoms with van der Waals surface area (Å²) in [6.07, 6.45) is 0. The number of benzene rings is 2. The van der Waals surface area contributed by atoms with Gasteiger partial charge in [-0.1, -0.05) is 0 Å². The van der Waals surface area contributed by atoms with E-state index in [2.05, 4.69) is 9.98 Å². The van der Waals surface area contributed by atoms with Gasteiger partial charge < -0.3 is 9.47 Å². The molecule has 4 heteroatoms. The SMILES string of the molecule is COc1ccc(/N=C(C)\C(C)=N/c2ccc(OC)cc2)cc1. The minimum Gasteiger partial charge on any atom is -0.497 e. The molecule has 0 saturated heterocycles. The fraction of sp³-hybridized carbons (Fsp3) is 0.222. The molecule has 0 N–H and O–H groups in total. The molecule has 4 nitrogen and oxygen atoms in total. The van der Waals surface area contributed by atoms with Gasteiger partial charge in [-0.05, 0) is 62.4 Å². The van der Waals surface area contributed by atoms with Crippen LogP contribution in [0.25, 0.3) is 0 Å². The fourth-order valence-corrected chi connectivity index (χ4v) is 1.86. The van der Waals surface area contributed by atoms with Crippen molar-refractivity contribution in [3.8, 4) is 11.5 Å². The zero-order valence-electron chi connectivity index (χ0n) is 13.3. The van der Waals surface area contributed by atoms with Crippen molar-refractivity contribution in [1.29, 1.82) is 0 Å². The molecule has 0 fully saturated rings. The summed E-state index contributed by atoms with van der Waals surface area (Å²) < 4.78 is 10.3. The highest BCUT2D eigenvalue weighted by Crippen LogP contribution is 2.20. The van der Waals surface area contributed by atoms with E-state index >= 15 is 0 Å². The van der Waals surface area contributed by atoms with E-state index < -0.39 is 0 Å². The van der Waals surface area contributed by atoms with Crippen LogP contribution in [0, 0.1) is 0 Å². The quantitative estimate of drug-likeness (QED) is 0.757. The Labute approximate surface area is 131 Å². The van der Waals surface area contributed by atoms with E-state index in [1.54, 1.807) is 14.2 Å². The van der Waals surface area contributed by atoms with Gasteiger partial charge in [-0.15, -0.1) is 0 Å². The second-order valence-electron chi connectivity index (χ2n) is 4.79. The van der Waals surface area contributed by atoms with Crippen LogP contribution in [-0.4, -0.2) is 25.6 Å². The number of rotatable bonds is 5. The molecule has 0 bridgehead atoms. The highest BCUT2D eigenvalue weighted by Gasteiger charge is 2.00. The molecule has 0 spiro atoms. The average molecular weight is 296 g/mol. The van der Waals surface area contributed by atoms with Gasteiger partial charge in [0.15, 0.2) is 0 Å². The van der Waals surface area contributed by atoms with Crippen molar-refractivity contribution in [2.75, 3.05) is 14.2 Å². The Morgan fingerprint density at radius 2 is 0.955 bits per heavy atom. The van der Waals surface area contributed by atoms with E-state index in [9.17, 15) is 0 Å². The van der Waals surface area contributed by atoms with E-state index in [-0.39, 0.29) is 0 Å². The van der Waals surface area contributed by atoms with E-state index in [1.807, 2.05) is 62.4 Å². The standard InChI is InChI=1S/C18H20N2O2/c1-13(19-15-5-9-17(21-3)10-6-15)14(2)20-16-7-11-18(22-4)12-8-16/h5-12H,1-4H3/b19-13-,20-14-. The zero-order valence-corrected chi connectivity index (χ0v) is 13.3. The maximum atomic E-state index is 5.14. The van der Waals surface area contributed by atoms with E-state index in [1.165, 1.54) is 0 Å². The van der Waals surface area contributed by atoms with Crippen LogP contribution in [0.4, 0.5) is 11.4 Å². The monoisotopic (exact) mass is 296 g/mol. The molecule has 0 aromatic heterocycles. The Morgan fingerprint density at radius 3 is 1.23 bits per heavy atom. The molecule has 0 aliphatic rings. The number of hydrogen-bond donors (Lipinski definition) is 0. The van der Waals surface area contributed by atoms with Crippen molar-refractivity contribution < 1.29 is 9.47 Å². The van der Waals surface area contributed by atoms with Crippen LogP contribution in [-0.2, 0) is 0 Å². The van der Waals surface area contributed by atoms with Gasteiger partial charge in [0.1, 0.15) is 11.5 Å². The van der Waals surface area contributed by atoms with Crippen LogP contribution < -0.4 is 9.47 Å². The Kier molecular flexibility index (Phi) is 5.31. The normalized spacial score (nSPS) is 12.2. The van der Waals surface area contributed by atoms with Crippen molar-refractivity contribution in [2.45, 2.75) is 13.8 Å². The topological polar surface area (TPSA) is 43.2 Å². The first-order valence-corrected chi connectivity index (χ1v) is 7.01. The molecule has 0 heterocycles. The molecule has 2 aromatic rings. The lowest BCUT2D eigenvalue weighted by Crippen LogP contribution is -2.04. The largest absolute Gasteiger partial charge is 0.497 e. The third kappa shape index (κ3) is 4.19. The molecular weight excluding hydrogens is 276 g/mol. The zero-order chi connectivity index (χ0) is 15.9. The lowest BCUT2D eigenvalue weighted by atomic mass is 10.2. The fourth-order valence-electron chi connectivity index (χ4n) is 1.86. The molecule has 0 saturated carbocycles.